The van der Waals surface area contributed by atoms with E-state index in [4.69, 9.17) is 5.84 Å². The topological polar surface area (TPSA) is 29.3 Å². The lowest BCUT2D eigenvalue weighted by atomic mass is 10.1. The van der Waals surface area contributed by atoms with Gasteiger partial charge < -0.3 is 0 Å². The molecule has 0 bridgehead atoms. The zero-order valence-corrected chi connectivity index (χ0v) is 8.23. The Hall–Kier alpha value is 0.270. The molecule has 66 valence electrons. The first kappa shape index (κ1) is 9.36. The summed E-state index contributed by atoms with van der Waals surface area (Å²) in [6.45, 7) is 5.60. The third-order valence-corrected chi connectivity index (χ3v) is 3.60. The molecular formula is C8H18N2S. The lowest BCUT2D eigenvalue weighted by molar-refractivity contribution is 0.264. The predicted molar refractivity (Wildman–Crippen MR) is 51.2 cm³/mol. The van der Waals surface area contributed by atoms with Crippen molar-refractivity contribution >= 4 is 11.8 Å². The van der Waals surface area contributed by atoms with Crippen molar-refractivity contribution in [3.05, 3.63) is 0 Å². The van der Waals surface area contributed by atoms with Crippen LogP contribution < -0.4 is 5.84 Å². The molecule has 3 heteroatoms. The van der Waals surface area contributed by atoms with Crippen LogP contribution in [0.15, 0.2) is 0 Å². The van der Waals surface area contributed by atoms with Crippen LogP contribution in [-0.2, 0) is 0 Å². The van der Waals surface area contributed by atoms with E-state index in [1.165, 1.54) is 18.6 Å². The summed E-state index contributed by atoms with van der Waals surface area (Å²) in [7, 11) is 0. The first-order chi connectivity index (χ1) is 5.24. The minimum absolute atomic E-state index is 0.588. The van der Waals surface area contributed by atoms with Gasteiger partial charge in [-0.05, 0) is 12.3 Å². The van der Waals surface area contributed by atoms with Crippen LogP contribution in [-0.4, -0.2) is 22.7 Å². The monoisotopic (exact) mass is 174 g/mol. The number of hydrogen-bond acceptors (Lipinski definition) is 3. The molecule has 2 atom stereocenters. The van der Waals surface area contributed by atoms with Crippen molar-refractivity contribution < 1.29 is 0 Å². The van der Waals surface area contributed by atoms with E-state index in [1.807, 2.05) is 16.8 Å². The van der Waals surface area contributed by atoms with Crippen LogP contribution in [0.5, 0.6) is 0 Å². The molecule has 1 aliphatic heterocycles. The van der Waals surface area contributed by atoms with Crippen molar-refractivity contribution in [2.45, 2.75) is 32.1 Å². The van der Waals surface area contributed by atoms with Gasteiger partial charge in [-0.15, -0.1) is 11.8 Å². The van der Waals surface area contributed by atoms with Gasteiger partial charge >= 0.3 is 0 Å². The van der Waals surface area contributed by atoms with Crippen LogP contribution in [0.3, 0.4) is 0 Å². The minimum Gasteiger partial charge on any atom is -0.268 e. The van der Waals surface area contributed by atoms with Crippen molar-refractivity contribution in [2.75, 3.05) is 12.3 Å². The first-order valence-electron chi connectivity index (χ1n) is 4.37. The van der Waals surface area contributed by atoms with Crippen molar-refractivity contribution in [3.8, 4) is 0 Å². The van der Waals surface area contributed by atoms with Gasteiger partial charge in [-0.1, -0.05) is 20.3 Å². The first-order valence-corrected chi connectivity index (χ1v) is 5.41. The van der Waals surface area contributed by atoms with E-state index in [-0.39, 0.29) is 0 Å². The fourth-order valence-electron chi connectivity index (χ4n) is 1.25. The highest BCUT2D eigenvalue weighted by Crippen LogP contribution is 2.27. The number of thioether (sulfide) groups is 1. The summed E-state index contributed by atoms with van der Waals surface area (Å²) in [4.78, 5) is 0. The Morgan fingerprint density at radius 1 is 1.73 bits per heavy atom. The van der Waals surface area contributed by atoms with Gasteiger partial charge in [0.1, 0.15) is 0 Å². The number of nitrogens with zero attached hydrogens (tertiary/aromatic N) is 1. The van der Waals surface area contributed by atoms with Crippen LogP contribution in [0, 0.1) is 5.92 Å². The molecule has 11 heavy (non-hydrogen) atoms. The summed E-state index contributed by atoms with van der Waals surface area (Å²) in [5, 5.41) is 2.57. The Labute approximate surface area is 73.5 Å². The average Bonchev–Trinajstić information content (AvgIpc) is 2.37. The molecule has 0 aromatic heterocycles. The summed E-state index contributed by atoms with van der Waals surface area (Å²) >= 11 is 2.00. The van der Waals surface area contributed by atoms with E-state index < -0.39 is 0 Å². The second-order valence-corrected chi connectivity index (χ2v) is 4.60. The molecule has 0 radical (unpaired) electrons. The second kappa shape index (κ2) is 4.33. The molecule has 0 spiro atoms. The summed E-state index contributed by atoms with van der Waals surface area (Å²) in [6, 6.07) is 0. The molecular weight excluding hydrogens is 156 g/mol. The maximum absolute atomic E-state index is 5.79. The molecule has 0 amide bonds. The highest BCUT2D eigenvalue weighted by atomic mass is 32.2. The Balaban J connectivity index is 2.24. The Kier molecular flexibility index (Phi) is 3.69. The molecule has 1 heterocycles. The SMILES string of the molecule is CCC(C)CC1SCCN1N. The summed E-state index contributed by atoms with van der Waals surface area (Å²) < 4.78 is 0. The van der Waals surface area contributed by atoms with E-state index >= 15 is 0 Å². The summed E-state index contributed by atoms with van der Waals surface area (Å²) in [6.07, 6.45) is 2.52. The molecule has 2 unspecified atom stereocenters. The molecule has 0 aliphatic carbocycles. The Bertz CT molecular complexity index is 119. The third-order valence-electron chi connectivity index (χ3n) is 2.33. The van der Waals surface area contributed by atoms with Crippen molar-refractivity contribution in [1.82, 2.24) is 5.01 Å². The molecule has 1 aliphatic rings. The van der Waals surface area contributed by atoms with Gasteiger partial charge in [-0.25, -0.2) is 5.01 Å². The predicted octanol–water partition coefficient (Wildman–Crippen LogP) is 1.67. The van der Waals surface area contributed by atoms with Crippen molar-refractivity contribution in [2.24, 2.45) is 11.8 Å². The average molecular weight is 174 g/mol. The third kappa shape index (κ3) is 2.65. The molecule has 1 rings (SSSR count). The van der Waals surface area contributed by atoms with Gasteiger partial charge in [-0.3, -0.25) is 5.84 Å². The maximum Gasteiger partial charge on any atom is 0.0697 e. The van der Waals surface area contributed by atoms with Crippen LogP contribution in [0.4, 0.5) is 0 Å². The number of hydrogen-bond donors (Lipinski definition) is 1. The van der Waals surface area contributed by atoms with Gasteiger partial charge in [0.2, 0.25) is 0 Å². The standard InChI is InChI=1S/C8H18N2S/c1-3-7(2)6-8-10(9)4-5-11-8/h7-8H,3-6,9H2,1-2H3. The van der Waals surface area contributed by atoms with E-state index in [9.17, 15) is 0 Å². The summed E-state index contributed by atoms with van der Waals surface area (Å²) in [5.41, 5.74) is 0. The second-order valence-electron chi connectivity index (χ2n) is 3.31. The van der Waals surface area contributed by atoms with Gasteiger partial charge in [0.25, 0.3) is 0 Å². The normalized spacial score (nSPS) is 29.2. The van der Waals surface area contributed by atoms with Gasteiger partial charge in [-0.2, -0.15) is 0 Å². The van der Waals surface area contributed by atoms with Crippen molar-refractivity contribution in [1.29, 1.82) is 0 Å². The highest BCUT2D eigenvalue weighted by Gasteiger charge is 2.23. The molecule has 1 fully saturated rings. The smallest absolute Gasteiger partial charge is 0.0697 e. The molecule has 2 N–H and O–H groups in total. The number of hydrazine groups is 1. The quantitative estimate of drug-likeness (QED) is 0.660. The van der Waals surface area contributed by atoms with E-state index in [0.29, 0.717) is 5.37 Å². The Morgan fingerprint density at radius 3 is 2.91 bits per heavy atom. The van der Waals surface area contributed by atoms with Crippen LogP contribution in [0.25, 0.3) is 0 Å². The fourth-order valence-corrected chi connectivity index (χ4v) is 2.60. The zero-order chi connectivity index (χ0) is 8.27. The largest absolute Gasteiger partial charge is 0.268 e. The van der Waals surface area contributed by atoms with Crippen LogP contribution in [0.1, 0.15) is 26.7 Å². The lowest BCUT2D eigenvalue weighted by Crippen LogP contribution is -2.35. The molecule has 0 aromatic carbocycles. The van der Waals surface area contributed by atoms with Gasteiger partial charge in [0.15, 0.2) is 0 Å². The molecule has 2 nitrogen and oxygen atoms in total. The van der Waals surface area contributed by atoms with Crippen molar-refractivity contribution in [3.63, 3.8) is 0 Å². The number of nitrogens with two attached hydrogens (primary N) is 1. The van der Waals surface area contributed by atoms with Crippen LogP contribution in [0.2, 0.25) is 0 Å². The fraction of sp³-hybridized carbons (Fsp3) is 1.00. The maximum atomic E-state index is 5.79. The van der Waals surface area contributed by atoms with Crippen LogP contribution >= 0.6 is 11.8 Å². The minimum atomic E-state index is 0.588. The van der Waals surface area contributed by atoms with E-state index in [1.54, 1.807) is 0 Å². The number of rotatable bonds is 3. The van der Waals surface area contributed by atoms with E-state index in [0.717, 1.165) is 12.5 Å². The summed E-state index contributed by atoms with van der Waals surface area (Å²) in [5.74, 6) is 7.82. The molecule has 1 saturated heterocycles. The lowest BCUT2D eigenvalue weighted by Gasteiger charge is -2.20. The zero-order valence-electron chi connectivity index (χ0n) is 7.42. The van der Waals surface area contributed by atoms with E-state index in [2.05, 4.69) is 13.8 Å². The van der Waals surface area contributed by atoms with Gasteiger partial charge in [0, 0.05) is 12.3 Å². The molecule has 0 saturated carbocycles. The molecule has 0 aromatic rings. The highest BCUT2D eigenvalue weighted by molar-refractivity contribution is 8.00. The Morgan fingerprint density at radius 2 is 2.45 bits per heavy atom. The van der Waals surface area contributed by atoms with Gasteiger partial charge in [0.05, 0.1) is 5.37 Å².